The van der Waals surface area contributed by atoms with Crippen LogP contribution in [0.4, 0.5) is 0 Å². The Bertz CT molecular complexity index is 365. The lowest BCUT2D eigenvalue weighted by molar-refractivity contribution is -0.200. The number of hydrogen-bond acceptors (Lipinski definition) is 7. The van der Waals surface area contributed by atoms with Gasteiger partial charge in [-0.3, -0.25) is 9.59 Å². The summed E-state index contributed by atoms with van der Waals surface area (Å²) in [5, 5.41) is 10.1. The average molecular weight is 289 g/mol. The number of imide groups is 1. The first-order valence-electron chi connectivity index (χ1n) is 6.10. The number of carbonyl (C=O) groups excluding carboxylic acids is 3. The van der Waals surface area contributed by atoms with Crippen LogP contribution in [0, 0.1) is 0 Å². The number of nitrogens with zero attached hydrogens (tertiary/aromatic N) is 1. The molecule has 0 saturated carbocycles. The second-order valence-electron chi connectivity index (χ2n) is 4.28. The predicted octanol–water partition coefficient (Wildman–Crippen LogP) is 0.172. The molecule has 2 aliphatic heterocycles. The van der Waals surface area contributed by atoms with E-state index >= 15 is 0 Å². The molecule has 0 aromatic rings. The normalized spacial score (nSPS) is 25.5. The highest BCUT2D eigenvalue weighted by Crippen LogP contribution is 2.27. The Labute approximate surface area is 114 Å². The highest BCUT2D eigenvalue weighted by Gasteiger charge is 2.35. The number of aliphatic hydroxyl groups excluding tert-OH is 1. The molecule has 106 valence electrons. The van der Waals surface area contributed by atoms with Crippen LogP contribution in [0.1, 0.15) is 32.1 Å². The van der Waals surface area contributed by atoms with E-state index in [1.54, 1.807) is 0 Å². The van der Waals surface area contributed by atoms with Crippen LogP contribution in [0.3, 0.4) is 0 Å². The van der Waals surface area contributed by atoms with Crippen molar-refractivity contribution in [2.75, 3.05) is 6.61 Å². The Hall–Kier alpha value is -1.12. The third-order valence-electron chi connectivity index (χ3n) is 2.81. The first-order valence-corrected chi connectivity index (χ1v) is 7.05. The minimum atomic E-state index is -1.47. The quantitative estimate of drug-likeness (QED) is 0.582. The zero-order chi connectivity index (χ0) is 13.8. The van der Waals surface area contributed by atoms with Crippen LogP contribution < -0.4 is 0 Å². The SMILES string of the molecule is O=C(ON1C(=O)CCC1=O)C(O)SC1CCCCO1. The number of hydroxylamine groups is 2. The van der Waals surface area contributed by atoms with Crippen LogP contribution in [0.25, 0.3) is 0 Å². The van der Waals surface area contributed by atoms with Crippen LogP contribution in [0.5, 0.6) is 0 Å². The third kappa shape index (κ3) is 3.68. The zero-order valence-electron chi connectivity index (χ0n) is 10.2. The Kier molecular flexibility index (Phi) is 4.78. The molecule has 0 aliphatic carbocycles. The highest BCUT2D eigenvalue weighted by atomic mass is 32.2. The summed E-state index contributed by atoms with van der Waals surface area (Å²) >= 11 is 0.924. The van der Waals surface area contributed by atoms with E-state index in [9.17, 15) is 19.5 Å². The molecule has 2 rings (SSSR count). The summed E-state index contributed by atoms with van der Waals surface area (Å²) in [6.07, 6.45) is 2.75. The molecule has 8 heteroatoms. The molecule has 1 N–H and O–H groups in total. The van der Waals surface area contributed by atoms with Crippen molar-refractivity contribution in [3.8, 4) is 0 Å². The van der Waals surface area contributed by atoms with E-state index in [4.69, 9.17) is 4.74 Å². The summed E-state index contributed by atoms with van der Waals surface area (Å²) in [6.45, 7) is 0.600. The first kappa shape index (κ1) is 14.3. The van der Waals surface area contributed by atoms with Gasteiger partial charge < -0.3 is 14.7 Å². The van der Waals surface area contributed by atoms with Crippen molar-refractivity contribution in [2.45, 2.75) is 43.0 Å². The molecule has 7 nitrogen and oxygen atoms in total. The lowest BCUT2D eigenvalue weighted by Gasteiger charge is -2.23. The summed E-state index contributed by atoms with van der Waals surface area (Å²) in [6, 6.07) is 0. The van der Waals surface area contributed by atoms with E-state index in [2.05, 4.69) is 4.84 Å². The van der Waals surface area contributed by atoms with Gasteiger partial charge in [-0.15, -0.1) is 5.06 Å². The molecule has 0 bridgehead atoms. The number of carbonyl (C=O) groups is 3. The van der Waals surface area contributed by atoms with Gasteiger partial charge in [-0.05, 0) is 19.3 Å². The first-order chi connectivity index (χ1) is 9.08. The van der Waals surface area contributed by atoms with Crippen molar-refractivity contribution in [3.63, 3.8) is 0 Å². The molecule has 2 atom stereocenters. The van der Waals surface area contributed by atoms with Crippen LogP contribution in [0.2, 0.25) is 0 Å². The molecule has 2 aliphatic rings. The van der Waals surface area contributed by atoms with Crippen molar-refractivity contribution in [1.29, 1.82) is 0 Å². The van der Waals surface area contributed by atoms with Gasteiger partial charge in [-0.2, -0.15) is 0 Å². The number of rotatable bonds is 4. The standard InChI is InChI=1S/C11H15NO6S/c13-7-4-5-8(14)12(7)18-10(15)11(16)19-9-3-1-2-6-17-9/h9,11,16H,1-6H2. The Morgan fingerprint density at radius 2 is 2.05 bits per heavy atom. The molecule has 2 heterocycles. The molecule has 2 amide bonds. The van der Waals surface area contributed by atoms with Crippen LogP contribution in [-0.4, -0.2) is 45.4 Å². The Morgan fingerprint density at radius 3 is 2.63 bits per heavy atom. The van der Waals surface area contributed by atoms with E-state index < -0.39 is 23.2 Å². The zero-order valence-corrected chi connectivity index (χ0v) is 11.1. The maximum atomic E-state index is 11.6. The van der Waals surface area contributed by atoms with Crippen LogP contribution in [0.15, 0.2) is 0 Å². The summed E-state index contributed by atoms with van der Waals surface area (Å²) in [5.74, 6) is -2.16. The summed E-state index contributed by atoms with van der Waals surface area (Å²) in [7, 11) is 0. The molecular formula is C11H15NO6S. The van der Waals surface area contributed by atoms with Gasteiger partial charge in [0.15, 0.2) is 0 Å². The molecular weight excluding hydrogens is 274 g/mol. The van der Waals surface area contributed by atoms with Crippen molar-refractivity contribution in [1.82, 2.24) is 5.06 Å². The van der Waals surface area contributed by atoms with Gasteiger partial charge in [0, 0.05) is 19.4 Å². The topological polar surface area (TPSA) is 93.1 Å². The summed E-state index contributed by atoms with van der Waals surface area (Å²) < 4.78 is 5.36. The fourth-order valence-electron chi connectivity index (χ4n) is 1.81. The molecule has 2 fully saturated rings. The number of aliphatic hydroxyl groups is 1. The smallest absolute Gasteiger partial charge is 0.371 e. The number of amides is 2. The third-order valence-corrected chi connectivity index (χ3v) is 3.93. The molecule has 0 aromatic carbocycles. The molecule has 2 unspecified atom stereocenters. The van der Waals surface area contributed by atoms with Gasteiger partial charge in [0.25, 0.3) is 11.8 Å². The monoisotopic (exact) mass is 289 g/mol. The fourth-order valence-corrected chi connectivity index (χ4v) is 2.73. The van der Waals surface area contributed by atoms with Gasteiger partial charge in [0.2, 0.25) is 5.44 Å². The molecule has 19 heavy (non-hydrogen) atoms. The predicted molar refractivity (Wildman–Crippen MR) is 64.4 cm³/mol. The second kappa shape index (κ2) is 6.36. The van der Waals surface area contributed by atoms with E-state index in [0.29, 0.717) is 11.7 Å². The van der Waals surface area contributed by atoms with E-state index in [-0.39, 0.29) is 18.3 Å². The van der Waals surface area contributed by atoms with Gasteiger partial charge in [0.1, 0.15) is 5.44 Å². The van der Waals surface area contributed by atoms with E-state index in [0.717, 1.165) is 31.0 Å². The van der Waals surface area contributed by atoms with E-state index in [1.165, 1.54) is 0 Å². The van der Waals surface area contributed by atoms with Crippen molar-refractivity contribution < 1.29 is 29.1 Å². The highest BCUT2D eigenvalue weighted by molar-refractivity contribution is 8.00. The lowest BCUT2D eigenvalue weighted by Crippen LogP contribution is -2.36. The minimum absolute atomic E-state index is 0.0289. The summed E-state index contributed by atoms with van der Waals surface area (Å²) in [4.78, 5) is 38.7. The Balaban J connectivity index is 1.81. The van der Waals surface area contributed by atoms with Crippen molar-refractivity contribution in [3.05, 3.63) is 0 Å². The maximum absolute atomic E-state index is 11.6. The molecule has 0 spiro atoms. The Morgan fingerprint density at radius 1 is 1.37 bits per heavy atom. The lowest BCUT2D eigenvalue weighted by atomic mass is 10.2. The molecule has 2 saturated heterocycles. The largest absolute Gasteiger partial charge is 0.372 e. The number of hydrogen-bond donors (Lipinski definition) is 1. The average Bonchev–Trinajstić information content (AvgIpc) is 2.71. The number of thioether (sulfide) groups is 1. The van der Waals surface area contributed by atoms with Gasteiger partial charge in [-0.25, -0.2) is 4.79 Å². The fraction of sp³-hybridized carbons (Fsp3) is 0.727. The van der Waals surface area contributed by atoms with Gasteiger partial charge >= 0.3 is 5.97 Å². The van der Waals surface area contributed by atoms with Crippen molar-refractivity contribution >= 4 is 29.5 Å². The van der Waals surface area contributed by atoms with Crippen LogP contribution in [-0.2, 0) is 24.0 Å². The van der Waals surface area contributed by atoms with Crippen LogP contribution >= 0.6 is 11.8 Å². The maximum Gasteiger partial charge on any atom is 0.371 e. The number of ether oxygens (including phenoxy) is 1. The minimum Gasteiger partial charge on any atom is -0.372 e. The van der Waals surface area contributed by atoms with Crippen molar-refractivity contribution in [2.24, 2.45) is 0 Å². The van der Waals surface area contributed by atoms with E-state index in [1.807, 2.05) is 0 Å². The van der Waals surface area contributed by atoms with Gasteiger partial charge in [0.05, 0.1) is 0 Å². The second-order valence-corrected chi connectivity index (χ2v) is 5.52. The molecule has 0 radical (unpaired) electrons. The van der Waals surface area contributed by atoms with Gasteiger partial charge in [-0.1, -0.05) is 11.8 Å². The summed E-state index contributed by atoms with van der Waals surface area (Å²) in [5.41, 5.74) is -1.73. The molecule has 0 aromatic heterocycles.